The minimum atomic E-state index is -0.887. The average molecular weight is 212 g/mol. The van der Waals surface area contributed by atoms with E-state index in [1.54, 1.807) is 31.4 Å². The molecule has 0 aliphatic rings. The molecule has 0 radical (unpaired) electrons. The van der Waals surface area contributed by atoms with E-state index in [-0.39, 0.29) is 13.0 Å². The Morgan fingerprint density at radius 3 is 2.27 bits per heavy atom. The number of hydrogen-bond donors (Lipinski definition) is 3. The first kappa shape index (κ1) is 12.0. The lowest BCUT2D eigenvalue weighted by atomic mass is 10.0. The standard InChI is InChI=1S/C11H16O4/c1-15-10-4-2-8(3-5-10)11(14)6-9(13)7-12/h2-5,9,11-14H,6-7H2,1H3/t9-,11+/m1/s1. The second-order valence-corrected chi connectivity index (χ2v) is 3.36. The minimum absolute atomic E-state index is 0.128. The van der Waals surface area contributed by atoms with Gasteiger partial charge in [0.2, 0.25) is 0 Å². The molecule has 0 heterocycles. The largest absolute Gasteiger partial charge is 0.497 e. The monoisotopic (exact) mass is 212 g/mol. The van der Waals surface area contributed by atoms with Crippen molar-refractivity contribution >= 4 is 0 Å². The number of aliphatic hydroxyl groups excluding tert-OH is 3. The van der Waals surface area contributed by atoms with Gasteiger partial charge in [0.25, 0.3) is 0 Å². The fourth-order valence-corrected chi connectivity index (χ4v) is 1.29. The summed E-state index contributed by atoms with van der Waals surface area (Å²) in [5.74, 6) is 0.716. The molecule has 0 bridgehead atoms. The highest BCUT2D eigenvalue weighted by molar-refractivity contribution is 5.28. The molecule has 0 saturated heterocycles. The summed E-state index contributed by atoms with van der Waals surface area (Å²) in [5, 5.41) is 27.5. The molecule has 0 aromatic heterocycles. The van der Waals surface area contributed by atoms with Crippen molar-refractivity contribution in [2.24, 2.45) is 0 Å². The van der Waals surface area contributed by atoms with Crippen molar-refractivity contribution in [2.75, 3.05) is 13.7 Å². The number of hydrogen-bond acceptors (Lipinski definition) is 4. The van der Waals surface area contributed by atoms with E-state index in [1.165, 1.54) is 0 Å². The van der Waals surface area contributed by atoms with E-state index in [2.05, 4.69) is 0 Å². The van der Waals surface area contributed by atoms with E-state index in [1.807, 2.05) is 0 Å². The minimum Gasteiger partial charge on any atom is -0.497 e. The van der Waals surface area contributed by atoms with Gasteiger partial charge in [0.1, 0.15) is 5.75 Å². The van der Waals surface area contributed by atoms with Crippen LogP contribution in [0.25, 0.3) is 0 Å². The second kappa shape index (κ2) is 5.70. The van der Waals surface area contributed by atoms with E-state index >= 15 is 0 Å². The highest BCUT2D eigenvalue weighted by atomic mass is 16.5. The molecule has 0 spiro atoms. The third kappa shape index (κ3) is 3.51. The van der Waals surface area contributed by atoms with Crippen LogP contribution in [-0.2, 0) is 0 Å². The fraction of sp³-hybridized carbons (Fsp3) is 0.455. The molecule has 0 saturated carbocycles. The third-order valence-electron chi connectivity index (χ3n) is 2.21. The van der Waals surface area contributed by atoms with E-state index in [0.717, 1.165) is 0 Å². The normalized spacial score (nSPS) is 14.7. The molecule has 84 valence electrons. The Balaban J connectivity index is 2.61. The molecule has 3 N–H and O–H groups in total. The van der Waals surface area contributed by atoms with Crippen LogP contribution in [0.2, 0.25) is 0 Å². The predicted octanol–water partition coefficient (Wildman–Crippen LogP) is 0.472. The van der Waals surface area contributed by atoms with Crippen molar-refractivity contribution in [2.45, 2.75) is 18.6 Å². The van der Waals surface area contributed by atoms with Crippen LogP contribution in [0.5, 0.6) is 5.75 Å². The van der Waals surface area contributed by atoms with Gasteiger partial charge >= 0.3 is 0 Å². The Bertz CT molecular complexity index is 283. The molecule has 4 heteroatoms. The van der Waals surface area contributed by atoms with Gasteiger partial charge in [0, 0.05) is 6.42 Å². The Morgan fingerprint density at radius 2 is 1.80 bits per heavy atom. The van der Waals surface area contributed by atoms with Gasteiger partial charge in [0.15, 0.2) is 0 Å². The molecule has 4 nitrogen and oxygen atoms in total. The SMILES string of the molecule is COc1ccc([C@@H](O)C[C@@H](O)CO)cc1. The Kier molecular flexibility index (Phi) is 4.55. The van der Waals surface area contributed by atoms with Crippen LogP contribution in [-0.4, -0.2) is 35.1 Å². The molecule has 0 unspecified atom stereocenters. The van der Waals surface area contributed by atoms with Crippen LogP contribution >= 0.6 is 0 Å². The van der Waals surface area contributed by atoms with Crippen molar-refractivity contribution < 1.29 is 20.1 Å². The van der Waals surface area contributed by atoms with Crippen LogP contribution in [0.15, 0.2) is 24.3 Å². The van der Waals surface area contributed by atoms with Gasteiger partial charge in [-0.3, -0.25) is 0 Å². The summed E-state index contributed by atoms with van der Waals surface area (Å²) < 4.78 is 4.98. The number of benzene rings is 1. The molecular weight excluding hydrogens is 196 g/mol. The van der Waals surface area contributed by atoms with Crippen LogP contribution in [0.3, 0.4) is 0 Å². The third-order valence-corrected chi connectivity index (χ3v) is 2.21. The van der Waals surface area contributed by atoms with E-state index in [0.29, 0.717) is 11.3 Å². The summed E-state index contributed by atoms with van der Waals surface area (Å²) in [4.78, 5) is 0. The summed E-state index contributed by atoms with van der Waals surface area (Å²) in [6, 6.07) is 6.94. The molecule has 0 aliphatic heterocycles. The molecule has 15 heavy (non-hydrogen) atoms. The molecule has 1 rings (SSSR count). The van der Waals surface area contributed by atoms with Gasteiger partial charge in [0.05, 0.1) is 25.9 Å². The first-order chi connectivity index (χ1) is 7.17. The topological polar surface area (TPSA) is 69.9 Å². The van der Waals surface area contributed by atoms with Gasteiger partial charge in [-0.2, -0.15) is 0 Å². The Morgan fingerprint density at radius 1 is 1.20 bits per heavy atom. The zero-order valence-corrected chi connectivity index (χ0v) is 8.63. The highest BCUT2D eigenvalue weighted by Crippen LogP contribution is 2.21. The smallest absolute Gasteiger partial charge is 0.118 e. The molecule has 1 aromatic carbocycles. The quantitative estimate of drug-likeness (QED) is 0.663. The number of methoxy groups -OCH3 is 1. The lowest BCUT2D eigenvalue weighted by Crippen LogP contribution is -2.16. The van der Waals surface area contributed by atoms with Crippen molar-refractivity contribution in [3.63, 3.8) is 0 Å². The van der Waals surface area contributed by atoms with Gasteiger partial charge in [-0.15, -0.1) is 0 Å². The van der Waals surface area contributed by atoms with Gasteiger partial charge in [-0.05, 0) is 17.7 Å². The second-order valence-electron chi connectivity index (χ2n) is 3.36. The molecule has 2 atom stereocenters. The predicted molar refractivity (Wildman–Crippen MR) is 55.7 cm³/mol. The number of aliphatic hydroxyl groups is 3. The van der Waals surface area contributed by atoms with Gasteiger partial charge in [-0.1, -0.05) is 12.1 Å². The van der Waals surface area contributed by atoms with E-state index in [9.17, 15) is 5.11 Å². The lowest BCUT2D eigenvalue weighted by molar-refractivity contribution is 0.0413. The van der Waals surface area contributed by atoms with Crippen LogP contribution in [0, 0.1) is 0 Å². The maximum atomic E-state index is 9.67. The zero-order chi connectivity index (χ0) is 11.3. The molecule has 0 aliphatic carbocycles. The zero-order valence-electron chi connectivity index (χ0n) is 8.63. The van der Waals surface area contributed by atoms with Crippen molar-refractivity contribution in [1.82, 2.24) is 0 Å². The molecule has 0 fully saturated rings. The molecule has 1 aromatic rings. The maximum Gasteiger partial charge on any atom is 0.118 e. The Hall–Kier alpha value is -1.10. The number of rotatable bonds is 5. The van der Waals surface area contributed by atoms with Crippen LogP contribution < -0.4 is 4.74 Å². The van der Waals surface area contributed by atoms with Crippen LogP contribution in [0.1, 0.15) is 18.1 Å². The summed E-state index contributed by atoms with van der Waals surface area (Å²) >= 11 is 0. The van der Waals surface area contributed by atoms with Crippen molar-refractivity contribution in [3.8, 4) is 5.75 Å². The van der Waals surface area contributed by atoms with Crippen molar-refractivity contribution in [1.29, 1.82) is 0 Å². The summed E-state index contributed by atoms with van der Waals surface area (Å²) in [5.41, 5.74) is 0.698. The van der Waals surface area contributed by atoms with E-state index in [4.69, 9.17) is 14.9 Å². The lowest BCUT2D eigenvalue weighted by Gasteiger charge is -2.14. The summed E-state index contributed by atoms with van der Waals surface area (Å²) in [6.45, 7) is -0.340. The fourth-order valence-electron chi connectivity index (χ4n) is 1.29. The average Bonchev–Trinajstić information content (AvgIpc) is 2.29. The summed E-state index contributed by atoms with van der Waals surface area (Å²) in [6.07, 6.45) is -1.52. The van der Waals surface area contributed by atoms with E-state index < -0.39 is 12.2 Å². The van der Waals surface area contributed by atoms with Crippen LogP contribution in [0.4, 0.5) is 0 Å². The number of ether oxygens (including phenoxy) is 1. The first-order valence-corrected chi connectivity index (χ1v) is 4.78. The van der Waals surface area contributed by atoms with Gasteiger partial charge in [-0.25, -0.2) is 0 Å². The maximum absolute atomic E-state index is 9.67. The van der Waals surface area contributed by atoms with Crippen molar-refractivity contribution in [3.05, 3.63) is 29.8 Å². The first-order valence-electron chi connectivity index (χ1n) is 4.78. The Labute approximate surface area is 88.8 Å². The molecular formula is C11H16O4. The molecule has 0 amide bonds. The van der Waals surface area contributed by atoms with Gasteiger partial charge < -0.3 is 20.1 Å². The highest BCUT2D eigenvalue weighted by Gasteiger charge is 2.12. The summed E-state index contributed by atoms with van der Waals surface area (Å²) in [7, 11) is 1.57.